The zero-order valence-corrected chi connectivity index (χ0v) is 17.1. The zero-order valence-electron chi connectivity index (χ0n) is 17.1. The lowest BCUT2D eigenvalue weighted by Gasteiger charge is -2.29. The lowest BCUT2D eigenvalue weighted by Crippen LogP contribution is -2.31. The molecule has 1 unspecified atom stereocenters. The summed E-state index contributed by atoms with van der Waals surface area (Å²) in [6.07, 6.45) is 3.97. The van der Waals surface area contributed by atoms with Crippen LogP contribution >= 0.6 is 0 Å². The van der Waals surface area contributed by atoms with Crippen molar-refractivity contribution in [2.24, 2.45) is 0 Å². The molecule has 1 aromatic rings. The van der Waals surface area contributed by atoms with Crippen molar-refractivity contribution in [3.63, 3.8) is 0 Å². The fourth-order valence-corrected chi connectivity index (χ4v) is 3.33. The predicted molar refractivity (Wildman–Crippen MR) is 109 cm³/mol. The Morgan fingerprint density at radius 2 is 2.14 bits per heavy atom. The van der Waals surface area contributed by atoms with Gasteiger partial charge in [0.25, 0.3) is 0 Å². The Morgan fingerprint density at radius 1 is 1.41 bits per heavy atom. The number of alkyl halides is 3. The molecule has 0 bridgehead atoms. The summed E-state index contributed by atoms with van der Waals surface area (Å²) < 4.78 is 37.7. The number of hydrogen-bond donors (Lipinski definition) is 2. The van der Waals surface area contributed by atoms with Crippen molar-refractivity contribution >= 4 is 17.8 Å². The third-order valence-electron chi connectivity index (χ3n) is 4.71. The summed E-state index contributed by atoms with van der Waals surface area (Å²) in [5.74, 6) is 0.777. The first kappa shape index (κ1) is 22.5. The van der Waals surface area contributed by atoms with E-state index in [1.54, 1.807) is 26.2 Å². The van der Waals surface area contributed by atoms with Gasteiger partial charge in [-0.2, -0.15) is 13.2 Å². The highest BCUT2D eigenvalue weighted by Gasteiger charge is 2.31. The van der Waals surface area contributed by atoms with E-state index in [1.807, 2.05) is 19.9 Å². The Balaban J connectivity index is 2.41. The van der Waals surface area contributed by atoms with E-state index in [4.69, 9.17) is 0 Å². The van der Waals surface area contributed by atoms with Crippen LogP contribution in [0.15, 0.2) is 41.8 Å². The molecule has 0 spiro atoms. The number of carbonyl (C=O) groups is 1. The van der Waals surface area contributed by atoms with E-state index in [9.17, 15) is 18.0 Å². The minimum absolute atomic E-state index is 0.263. The molecule has 29 heavy (non-hydrogen) atoms. The zero-order chi connectivity index (χ0) is 21.6. The second-order valence-corrected chi connectivity index (χ2v) is 6.88. The number of anilines is 1. The van der Waals surface area contributed by atoms with Crippen LogP contribution in [0.2, 0.25) is 0 Å². The minimum atomic E-state index is -4.32. The predicted octanol–water partition coefficient (Wildman–Crippen LogP) is 4.26. The first-order chi connectivity index (χ1) is 13.7. The lowest BCUT2D eigenvalue weighted by molar-refractivity contribution is -0.122. The highest BCUT2D eigenvalue weighted by Crippen LogP contribution is 2.39. The Bertz CT molecular complexity index is 828. The number of allylic oxidation sites excluding steroid dienone is 2. The Kier molecular flexibility index (Phi) is 7.47. The monoisotopic (exact) mass is 408 g/mol. The van der Waals surface area contributed by atoms with Crippen LogP contribution in [0, 0.1) is 0 Å². The maximum Gasteiger partial charge on any atom is 0.405 e. The smallest absolute Gasteiger partial charge is 0.382 e. The van der Waals surface area contributed by atoms with E-state index in [0.29, 0.717) is 24.0 Å². The lowest BCUT2D eigenvalue weighted by atomic mass is 10.0. The summed E-state index contributed by atoms with van der Waals surface area (Å²) in [4.78, 5) is 17.6. The summed E-state index contributed by atoms with van der Waals surface area (Å²) >= 11 is 0. The van der Waals surface area contributed by atoms with Crippen molar-refractivity contribution in [1.29, 1.82) is 0 Å². The molecule has 0 aliphatic carbocycles. The average molecular weight is 408 g/mol. The first-order valence-corrected chi connectivity index (χ1v) is 9.48. The number of aromatic nitrogens is 1. The van der Waals surface area contributed by atoms with Gasteiger partial charge in [0, 0.05) is 42.8 Å². The van der Waals surface area contributed by atoms with Gasteiger partial charge in [-0.1, -0.05) is 13.0 Å². The van der Waals surface area contributed by atoms with Crippen LogP contribution in [-0.2, 0) is 11.3 Å². The molecular formula is C21H27F3N4O. The molecule has 8 heteroatoms. The number of fused-ring (bicyclic) bond motifs is 1. The Labute approximate surface area is 169 Å². The van der Waals surface area contributed by atoms with Gasteiger partial charge in [-0.3, -0.25) is 4.79 Å². The van der Waals surface area contributed by atoms with Crippen LogP contribution in [0.5, 0.6) is 0 Å². The van der Waals surface area contributed by atoms with Gasteiger partial charge >= 0.3 is 6.18 Å². The van der Waals surface area contributed by atoms with Gasteiger partial charge in [-0.05, 0) is 43.6 Å². The molecule has 0 radical (unpaired) electrons. The van der Waals surface area contributed by atoms with Gasteiger partial charge in [0.05, 0.1) is 6.04 Å². The molecular weight excluding hydrogens is 381 g/mol. The van der Waals surface area contributed by atoms with Gasteiger partial charge in [-0.15, -0.1) is 0 Å². The highest BCUT2D eigenvalue weighted by atomic mass is 19.4. The van der Waals surface area contributed by atoms with E-state index in [1.165, 1.54) is 6.20 Å². The second-order valence-electron chi connectivity index (χ2n) is 6.88. The average Bonchev–Trinajstić information content (AvgIpc) is 3.04. The molecule has 0 aromatic carbocycles. The Morgan fingerprint density at radius 3 is 2.72 bits per heavy atom. The first-order valence-electron chi connectivity index (χ1n) is 9.48. The van der Waals surface area contributed by atoms with Crippen LogP contribution in [0.3, 0.4) is 0 Å². The number of nitrogens with zero attached hydrogens (tertiary/aromatic N) is 2. The molecule has 2 N–H and O–H groups in total. The van der Waals surface area contributed by atoms with Crippen molar-refractivity contribution in [3.8, 4) is 0 Å². The number of pyridine rings is 1. The summed E-state index contributed by atoms with van der Waals surface area (Å²) in [7, 11) is 1.81. The fraction of sp³-hybridized carbons (Fsp3) is 0.429. The van der Waals surface area contributed by atoms with Crippen molar-refractivity contribution in [1.82, 2.24) is 15.2 Å². The summed E-state index contributed by atoms with van der Waals surface area (Å²) in [5.41, 5.74) is 4.13. The summed E-state index contributed by atoms with van der Waals surface area (Å²) in [6.45, 7) is 5.01. The van der Waals surface area contributed by atoms with Crippen LogP contribution in [-0.4, -0.2) is 42.0 Å². The van der Waals surface area contributed by atoms with E-state index < -0.39 is 12.7 Å². The van der Waals surface area contributed by atoms with E-state index in [2.05, 4.69) is 26.6 Å². The molecule has 0 amide bonds. The molecule has 0 saturated carbocycles. The standard InChI is InChI=1S/C21H27F3N4O/c1-5-6-19-17-7-8-27-20(25-4)18(17)11-28(19)15(3)16(9-14(2)12-29)10-26-13-21(22,23)24/h6-10,12,15,26H,5,11,13H2,1-4H3,(H,25,27)/b14-9?,16-10?,19-6-. The molecule has 2 rings (SSSR count). The molecule has 1 aliphatic rings. The summed E-state index contributed by atoms with van der Waals surface area (Å²) in [5, 5.41) is 5.43. The van der Waals surface area contributed by atoms with Crippen LogP contribution < -0.4 is 10.6 Å². The molecule has 0 fully saturated rings. The number of halogens is 3. The third kappa shape index (κ3) is 5.62. The van der Waals surface area contributed by atoms with Crippen molar-refractivity contribution in [2.75, 3.05) is 18.9 Å². The van der Waals surface area contributed by atoms with Crippen molar-refractivity contribution < 1.29 is 18.0 Å². The topological polar surface area (TPSA) is 57.3 Å². The number of hydrogen-bond acceptors (Lipinski definition) is 5. The fourth-order valence-electron chi connectivity index (χ4n) is 3.33. The highest BCUT2D eigenvalue weighted by molar-refractivity contribution is 5.76. The number of carbonyl (C=O) groups excluding carboxylic acids is 1. The largest absolute Gasteiger partial charge is 0.405 e. The van der Waals surface area contributed by atoms with Gasteiger partial charge in [0.1, 0.15) is 18.6 Å². The van der Waals surface area contributed by atoms with Crippen molar-refractivity contribution in [2.45, 2.75) is 46.0 Å². The maximum absolute atomic E-state index is 12.6. The molecule has 2 heterocycles. The molecule has 1 atom stereocenters. The minimum Gasteiger partial charge on any atom is -0.382 e. The quantitative estimate of drug-likeness (QED) is 0.382. The molecule has 158 valence electrons. The molecule has 5 nitrogen and oxygen atoms in total. The van der Waals surface area contributed by atoms with Gasteiger partial charge in [0.2, 0.25) is 0 Å². The number of aldehydes is 1. The summed E-state index contributed by atoms with van der Waals surface area (Å²) in [6, 6.07) is 1.68. The van der Waals surface area contributed by atoms with E-state index in [-0.39, 0.29) is 6.04 Å². The van der Waals surface area contributed by atoms with E-state index in [0.717, 1.165) is 29.1 Å². The normalized spacial score (nSPS) is 17.3. The van der Waals surface area contributed by atoms with Crippen LogP contribution in [0.1, 0.15) is 38.3 Å². The van der Waals surface area contributed by atoms with E-state index >= 15 is 0 Å². The Hall–Kier alpha value is -2.77. The molecule has 1 aromatic heterocycles. The SMILES string of the molecule is CC/C=C1/c2ccnc(NC)c2CN1C(C)C(C=C(C)C=O)=CNCC(F)(F)F. The van der Waals surface area contributed by atoms with Crippen LogP contribution in [0.25, 0.3) is 5.70 Å². The number of nitrogens with one attached hydrogen (secondary N) is 2. The van der Waals surface area contributed by atoms with Gasteiger partial charge in [0.15, 0.2) is 0 Å². The third-order valence-corrected chi connectivity index (χ3v) is 4.71. The van der Waals surface area contributed by atoms with Crippen molar-refractivity contribution in [3.05, 3.63) is 52.9 Å². The van der Waals surface area contributed by atoms with Gasteiger partial charge < -0.3 is 15.5 Å². The molecule has 0 saturated heterocycles. The second kappa shape index (κ2) is 9.62. The molecule has 1 aliphatic heterocycles. The number of rotatable bonds is 8. The van der Waals surface area contributed by atoms with Crippen LogP contribution in [0.4, 0.5) is 19.0 Å². The van der Waals surface area contributed by atoms with Gasteiger partial charge in [-0.25, -0.2) is 4.98 Å². The maximum atomic E-state index is 12.6.